The van der Waals surface area contributed by atoms with Crippen molar-refractivity contribution in [1.82, 2.24) is 10.2 Å². The summed E-state index contributed by atoms with van der Waals surface area (Å²) >= 11 is 1.56. The maximum Gasteiger partial charge on any atom is 0.205 e. The summed E-state index contributed by atoms with van der Waals surface area (Å²) in [6.07, 6.45) is 0.935. The number of nitrogens with one attached hydrogen (secondary N) is 1. The van der Waals surface area contributed by atoms with Crippen LogP contribution in [0.3, 0.4) is 0 Å². The van der Waals surface area contributed by atoms with Gasteiger partial charge in [0.1, 0.15) is 5.01 Å². The predicted octanol–water partition coefficient (Wildman–Crippen LogP) is 1.99. The van der Waals surface area contributed by atoms with E-state index >= 15 is 0 Å². The smallest absolute Gasteiger partial charge is 0.205 e. The van der Waals surface area contributed by atoms with Gasteiger partial charge in [0.25, 0.3) is 0 Å². The Hall–Kier alpha value is -1.46. The number of benzene rings is 1. The highest BCUT2D eigenvalue weighted by Crippen LogP contribution is 2.13. The summed E-state index contributed by atoms with van der Waals surface area (Å²) in [5.74, 6) is 0. The van der Waals surface area contributed by atoms with Crippen LogP contribution < -0.4 is 5.32 Å². The molecule has 1 aromatic carbocycles. The Morgan fingerprint density at radius 2 is 1.88 bits per heavy atom. The number of hydrogen-bond acceptors (Lipinski definition) is 5. The van der Waals surface area contributed by atoms with Crippen LogP contribution >= 0.6 is 11.3 Å². The standard InChI is InChI=1S/C12H15N3OS/c1-9-14-15-12(17-9)13-7-6-10-2-4-11(8-16)5-3-10/h2-5,16H,6-8H2,1H3,(H,13,15). The van der Waals surface area contributed by atoms with Crippen LogP contribution in [0.25, 0.3) is 0 Å². The molecule has 0 amide bonds. The summed E-state index contributed by atoms with van der Waals surface area (Å²) in [6.45, 7) is 2.88. The molecule has 90 valence electrons. The molecule has 0 saturated carbocycles. The Kier molecular flexibility index (Phi) is 4.06. The summed E-state index contributed by atoms with van der Waals surface area (Å²) in [7, 11) is 0. The van der Waals surface area contributed by atoms with Crippen LogP contribution in [0.4, 0.5) is 5.13 Å². The largest absolute Gasteiger partial charge is 0.392 e. The molecular weight excluding hydrogens is 234 g/mol. The molecule has 0 atom stereocenters. The molecule has 0 radical (unpaired) electrons. The van der Waals surface area contributed by atoms with Crippen molar-refractivity contribution in [2.45, 2.75) is 20.0 Å². The lowest BCUT2D eigenvalue weighted by Crippen LogP contribution is -2.04. The van der Waals surface area contributed by atoms with Crippen molar-refractivity contribution in [3.05, 3.63) is 40.4 Å². The summed E-state index contributed by atoms with van der Waals surface area (Å²) in [4.78, 5) is 0. The van der Waals surface area contributed by atoms with Crippen molar-refractivity contribution >= 4 is 16.5 Å². The Bertz CT molecular complexity index is 467. The lowest BCUT2D eigenvalue weighted by Gasteiger charge is -2.03. The van der Waals surface area contributed by atoms with Gasteiger partial charge in [-0.1, -0.05) is 35.6 Å². The van der Waals surface area contributed by atoms with Gasteiger partial charge in [-0.2, -0.15) is 0 Å². The van der Waals surface area contributed by atoms with Gasteiger partial charge in [0.05, 0.1) is 6.61 Å². The van der Waals surface area contributed by atoms with Gasteiger partial charge in [0.2, 0.25) is 5.13 Å². The van der Waals surface area contributed by atoms with E-state index in [1.54, 1.807) is 11.3 Å². The molecule has 0 spiro atoms. The summed E-state index contributed by atoms with van der Waals surface area (Å²) in [5, 5.41) is 22.0. The van der Waals surface area contributed by atoms with Gasteiger partial charge in [-0.25, -0.2) is 0 Å². The van der Waals surface area contributed by atoms with E-state index in [2.05, 4.69) is 15.5 Å². The Morgan fingerprint density at radius 3 is 2.47 bits per heavy atom. The van der Waals surface area contributed by atoms with Crippen molar-refractivity contribution < 1.29 is 5.11 Å². The lowest BCUT2D eigenvalue weighted by molar-refractivity contribution is 0.282. The highest BCUT2D eigenvalue weighted by molar-refractivity contribution is 7.15. The highest BCUT2D eigenvalue weighted by Gasteiger charge is 1.99. The Morgan fingerprint density at radius 1 is 1.18 bits per heavy atom. The van der Waals surface area contributed by atoms with E-state index in [1.165, 1.54) is 5.56 Å². The van der Waals surface area contributed by atoms with Crippen LogP contribution in [0.15, 0.2) is 24.3 Å². The molecule has 0 bridgehead atoms. The molecule has 4 nitrogen and oxygen atoms in total. The predicted molar refractivity (Wildman–Crippen MR) is 69.2 cm³/mol. The number of aliphatic hydroxyl groups excluding tert-OH is 1. The third-order valence-corrected chi connectivity index (χ3v) is 3.22. The maximum atomic E-state index is 8.93. The van der Waals surface area contributed by atoms with Crippen LogP contribution in [-0.4, -0.2) is 21.8 Å². The number of aliphatic hydroxyl groups is 1. The quantitative estimate of drug-likeness (QED) is 0.851. The second-order valence-electron chi connectivity index (χ2n) is 3.78. The van der Waals surface area contributed by atoms with Crippen molar-refractivity contribution in [2.24, 2.45) is 0 Å². The Balaban J connectivity index is 1.81. The van der Waals surface area contributed by atoms with E-state index in [0.717, 1.165) is 28.7 Å². The topological polar surface area (TPSA) is 58.0 Å². The molecule has 1 heterocycles. The summed E-state index contributed by atoms with van der Waals surface area (Å²) in [6, 6.07) is 7.98. The normalized spacial score (nSPS) is 10.5. The van der Waals surface area contributed by atoms with E-state index < -0.39 is 0 Å². The first-order valence-corrected chi connectivity index (χ1v) is 6.32. The van der Waals surface area contributed by atoms with Crippen LogP contribution in [0.2, 0.25) is 0 Å². The first-order chi connectivity index (χ1) is 8.28. The highest BCUT2D eigenvalue weighted by atomic mass is 32.1. The maximum absolute atomic E-state index is 8.93. The first kappa shape index (κ1) is 12.0. The minimum absolute atomic E-state index is 0.0998. The molecule has 2 N–H and O–H groups in total. The number of anilines is 1. The van der Waals surface area contributed by atoms with Crippen molar-refractivity contribution in [3.8, 4) is 0 Å². The third-order valence-electron chi connectivity index (χ3n) is 2.42. The number of hydrogen-bond donors (Lipinski definition) is 2. The number of nitrogens with zero attached hydrogens (tertiary/aromatic N) is 2. The molecule has 0 aliphatic heterocycles. The average Bonchev–Trinajstić information content (AvgIpc) is 2.76. The van der Waals surface area contributed by atoms with Gasteiger partial charge in [-0.15, -0.1) is 10.2 Å². The van der Waals surface area contributed by atoms with Crippen LogP contribution in [0.1, 0.15) is 16.1 Å². The minimum atomic E-state index is 0.0998. The van der Waals surface area contributed by atoms with Crippen LogP contribution in [-0.2, 0) is 13.0 Å². The van der Waals surface area contributed by atoms with Gasteiger partial charge in [0, 0.05) is 6.54 Å². The zero-order valence-electron chi connectivity index (χ0n) is 9.68. The third kappa shape index (κ3) is 3.51. The fourth-order valence-corrected chi connectivity index (χ4v) is 2.11. The van der Waals surface area contributed by atoms with Crippen molar-refractivity contribution in [2.75, 3.05) is 11.9 Å². The molecule has 1 aromatic heterocycles. The van der Waals surface area contributed by atoms with Gasteiger partial charge in [0.15, 0.2) is 0 Å². The molecule has 2 aromatic rings. The number of aryl methyl sites for hydroxylation is 1. The van der Waals surface area contributed by atoms with E-state index in [4.69, 9.17) is 5.11 Å². The van der Waals surface area contributed by atoms with Gasteiger partial charge in [-0.05, 0) is 24.5 Å². The fourth-order valence-electron chi connectivity index (χ4n) is 1.49. The average molecular weight is 249 g/mol. The van der Waals surface area contributed by atoms with Crippen LogP contribution in [0.5, 0.6) is 0 Å². The molecule has 0 aliphatic rings. The molecule has 2 rings (SSSR count). The van der Waals surface area contributed by atoms with Gasteiger partial charge >= 0.3 is 0 Å². The molecular formula is C12H15N3OS. The molecule has 5 heteroatoms. The SMILES string of the molecule is Cc1nnc(NCCc2ccc(CO)cc2)s1. The van der Waals surface area contributed by atoms with E-state index in [0.29, 0.717) is 0 Å². The molecule has 0 saturated heterocycles. The van der Waals surface area contributed by atoms with Gasteiger partial charge < -0.3 is 10.4 Å². The molecule has 17 heavy (non-hydrogen) atoms. The van der Waals surface area contributed by atoms with Crippen molar-refractivity contribution in [1.29, 1.82) is 0 Å². The van der Waals surface area contributed by atoms with Crippen LogP contribution in [0, 0.1) is 6.92 Å². The Labute approximate surface area is 104 Å². The first-order valence-electron chi connectivity index (χ1n) is 5.50. The van der Waals surface area contributed by atoms with E-state index in [1.807, 2.05) is 31.2 Å². The molecule has 0 aliphatic carbocycles. The monoisotopic (exact) mass is 249 g/mol. The van der Waals surface area contributed by atoms with Gasteiger partial charge in [-0.3, -0.25) is 0 Å². The minimum Gasteiger partial charge on any atom is -0.392 e. The summed E-state index contributed by atoms with van der Waals surface area (Å²) < 4.78 is 0. The second kappa shape index (κ2) is 5.75. The zero-order chi connectivity index (χ0) is 12.1. The second-order valence-corrected chi connectivity index (χ2v) is 4.96. The molecule has 0 unspecified atom stereocenters. The number of aromatic nitrogens is 2. The summed E-state index contributed by atoms with van der Waals surface area (Å²) in [5.41, 5.74) is 2.19. The van der Waals surface area contributed by atoms with E-state index in [-0.39, 0.29) is 6.61 Å². The van der Waals surface area contributed by atoms with E-state index in [9.17, 15) is 0 Å². The number of rotatable bonds is 5. The lowest BCUT2D eigenvalue weighted by atomic mass is 10.1. The molecule has 0 fully saturated rings. The fraction of sp³-hybridized carbons (Fsp3) is 0.333. The van der Waals surface area contributed by atoms with Crippen molar-refractivity contribution in [3.63, 3.8) is 0 Å². The zero-order valence-corrected chi connectivity index (χ0v) is 10.5.